The van der Waals surface area contributed by atoms with Crippen molar-refractivity contribution >= 4 is 19.8 Å². The van der Waals surface area contributed by atoms with Crippen LogP contribution in [0.15, 0.2) is 0 Å². The monoisotopic (exact) mass is 864 g/mol. The summed E-state index contributed by atoms with van der Waals surface area (Å²) in [6.07, 6.45) is 29.9. The second-order valence-electron chi connectivity index (χ2n) is 18.9. The van der Waals surface area contributed by atoms with Gasteiger partial charge in [-0.15, -0.1) is 0 Å². The molecule has 0 radical (unpaired) electrons. The van der Waals surface area contributed by atoms with Gasteiger partial charge in [-0.05, 0) is 46.0 Å². The largest absolute Gasteiger partial charge is 0.472 e. The molecule has 3 atom stereocenters. The van der Waals surface area contributed by atoms with Crippen LogP contribution in [0.4, 0.5) is 0 Å². The van der Waals surface area contributed by atoms with Crippen LogP contribution in [0.3, 0.4) is 0 Å². The second kappa shape index (κ2) is 32.5. The van der Waals surface area contributed by atoms with Gasteiger partial charge >= 0.3 is 19.8 Å². The minimum Gasteiger partial charge on any atom is -0.462 e. The summed E-state index contributed by atoms with van der Waals surface area (Å²) in [6.45, 7) is 8.47. The molecule has 1 aliphatic heterocycles. The molecule has 1 saturated heterocycles. The molecule has 0 bridgehead atoms. The van der Waals surface area contributed by atoms with Crippen molar-refractivity contribution in [2.75, 3.05) is 54.1 Å². The van der Waals surface area contributed by atoms with E-state index >= 15 is 0 Å². The smallest absolute Gasteiger partial charge is 0.462 e. The number of carbonyl (C=O) groups excluding carboxylic acids is 2. The topological polar surface area (TPSA) is 141 Å². The molecule has 2 N–H and O–H groups in total. The Bertz CT molecular complexity index is 1120. The van der Waals surface area contributed by atoms with Crippen LogP contribution in [0.5, 0.6) is 0 Å². The van der Waals surface area contributed by atoms with Gasteiger partial charge in [0.25, 0.3) is 0 Å². The highest BCUT2D eigenvalue weighted by atomic mass is 31.2. The number of hydrogen-bond donors (Lipinski definition) is 2. The number of rotatable bonds is 40. The van der Waals surface area contributed by atoms with Crippen molar-refractivity contribution in [3.63, 3.8) is 0 Å². The number of carbonyl (C=O) groups is 2. The Labute approximate surface area is 361 Å². The number of phosphoric ester groups is 1. The van der Waals surface area contributed by atoms with Crippen LogP contribution >= 0.6 is 7.82 Å². The van der Waals surface area contributed by atoms with Crippen molar-refractivity contribution in [1.29, 1.82) is 0 Å². The Morgan fingerprint density at radius 1 is 0.661 bits per heavy atom. The molecule has 13 heteroatoms. The number of phosphoric acid groups is 1. The minimum atomic E-state index is -4.45. The molecule has 0 saturated carbocycles. The number of quaternary nitrogens is 1. The molecule has 0 aromatic carbocycles. The highest BCUT2D eigenvalue weighted by Gasteiger charge is 2.50. The molecule has 350 valence electrons. The number of likely N-dealkylation sites (N-methyl/N-ethyl adjacent to an activating group) is 1. The summed E-state index contributed by atoms with van der Waals surface area (Å²) in [5.41, 5.74) is -1.44. The van der Waals surface area contributed by atoms with Crippen molar-refractivity contribution in [3.05, 3.63) is 0 Å². The number of esters is 2. The molecule has 0 spiro atoms. The summed E-state index contributed by atoms with van der Waals surface area (Å²) >= 11 is 0. The lowest BCUT2D eigenvalue weighted by atomic mass is 9.95. The zero-order chi connectivity index (χ0) is 43.9. The summed E-state index contributed by atoms with van der Waals surface area (Å²) in [5, 5.41) is 12.6. The molecule has 1 fully saturated rings. The quantitative estimate of drug-likeness (QED) is 0.0263. The molecule has 0 aromatic heterocycles. The fourth-order valence-corrected chi connectivity index (χ4v) is 8.33. The van der Waals surface area contributed by atoms with Gasteiger partial charge in [-0.2, -0.15) is 5.06 Å². The highest BCUT2D eigenvalue weighted by Crippen LogP contribution is 2.43. The maximum atomic E-state index is 13.2. The lowest BCUT2D eigenvalue weighted by molar-refractivity contribution is -0.870. The van der Waals surface area contributed by atoms with Gasteiger partial charge in [-0.3, -0.25) is 18.6 Å². The molecule has 1 aliphatic rings. The van der Waals surface area contributed by atoms with Crippen LogP contribution in [0.2, 0.25) is 0 Å². The second-order valence-corrected chi connectivity index (χ2v) is 20.4. The number of unbranched alkanes of at least 4 members (excludes halogenated alkanes) is 22. The maximum absolute atomic E-state index is 13.2. The molecular formula is C46H92N2O10P+. The molecule has 59 heavy (non-hydrogen) atoms. The maximum Gasteiger partial charge on any atom is 0.472 e. The van der Waals surface area contributed by atoms with Crippen molar-refractivity contribution in [1.82, 2.24) is 5.06 Å². The van der Waals surface area contributed by atoms with E-state index < -0.39 is 43.7 Å². The Morgan fingerprint density at radius 2 is 1.10 bits per heavy atom. The Balaban J connectivity index is 2.60. The Hall–Kier alpha value is -1.11. The van der Waals surface area contributed by atoms with Gasteiger partial charge in [0.15, 0.2) is 6.10 Å². The van der Waals surface area contributed by atoms with Gasteiger partial charge in [0, 0.05) is 12.8 Å². The molecular weight excluding hydrogens is 771 g/mol. The fraction of sp³-hybridized carbons (Fsp3) is 0.957. The van der Waals surface area contributed by atoms with Crippen LogP contribution in [0.1, 0.15) is 214 Å². The van der Waals surface area contributed by atoms with Gasteiger partial charge in [0.1, 0.15) is 25.5 Å². The first-order valence-electron chi connectivity index (χ1n) is 24.0. The zero-order valence-corrected chi connectivity index (χ0v) is 40.0. The van der Waals surface area contributed by atoms with Crippen LogP contribution in [-0.4, -0.2) is 103 Å². The van der Waals surface area contributed by atoms with E-state index in [0.717, 1.165) is 32.1 Å². The molecule has 3 unspecified atom stereocenters. The summed E-state index contributed by atoms with van der Waals surface area (Å²) in [6, 6.07) is 0. The molecule has 0 aliphatic carbocycles. The highest BCUT2D eigenvalue weighted by molar-refractivity contribution is 7.47. The van der Waals surface area contributed by atoms with E-state index in [0.29, 0.717) is 43.3 Å². The predicted octanol–water partition coefficient (Wildman–Crippen LogP) is 11.8. The van der Waals surface area contributed by atoms with Gasteiger partial charge in [0.2, 0.25) is 0 Å². The number of hydrogen-bond acceptors (Lipinski definition) is 10. The fourth-order valence-electron chi connectivity index (χ4n) is 7.59. The third-order valence-electron chi connectivity index (χ3n) is 11.4. The van der Waals surface area contributed by atoms with Gasteiger partial charge in [-0.1, -0.05) is 155 Å². The summed E-state index contributed by atoms with van der Waals surface area (Å²) in [5.74, 6) is -0.967. The summed E-state index contributed by atoms with van der Waals surface area (Å²) in [4.78, 5) is 36.1. The van der Waals surface area contributed by atoms with Crippen LogP contribution in [-0.2, 0) is 37.4 Å². The van der Waals surface area contributed by atoms with Crippen LogP contribution in [0, 0.1) is 0 Å². The van der Waals surface area contributed by atoms with E-state index in [1.54, 1.807) is 0 Å². The van der Waals surface area contributed by atoms with Crippen molar-refractivity contribution in [2.45, 2.75) is 231 Å². The zero-order valence-electron chi connectivity index (χ0n) is 39.1. The molecule has 0 amide bonds. The van der Waals surface area contributed by atoms with Crippen LogP contribution < -0.4 is 0 Å². The Kier molecular flexibility index (Phi) is 30.8. The lowest BCUT2D eigenvalue weighted by Gasteiger charge is -2.37. The number of hydroxylamine groups is 2. The van der Waals surface area contributed by atoms with Crippen molar-refractivity contribution in [2.24, 2.45) is 0 Å². The first-order chi connectivity index (χ1) is 28.1. The minimum absolute atomic E-state index is 0.00244. The van der Waals surface area contributed by atoms with E-state index in [9.17, 15) is 24.3 Å². The average Bonchev–Trinajstić information content (AvgIpc) is 3.39. The first kappa shape index (κ1) is 55.9. The van der Waals surface area contributed by atoms with Gasteiger partial charge < -0.3 is 28.8 Å². The number of ether oxygens (including phenoxy) is 3. The van der Waals surface area contributed by atoms with E-state index in [-0.39, 0.29) is 26.1 Å². The standard InChI is InChI=1S/C46H91N2O10P/c1-8-10-12-14-16-18-20-21-22-24-26-28-30-33-43(49)54-39-42(40-57-59(52,53)56-38-37-48(5,6)7)58-44(50)34-32-36-46(47(51)45(3,4)41-55-46)35-31-29-27-25-23-19-17-15-13-11-9-2/h42,51H,8-41H2,1-7H3/p+1. The number of nitrogens with zero attached hydrogens (tertiary/aromatic N) is 2. The SMILES string of the molecule is CCCCCCCCCCCCCCCC(=O)OCC(COP(=O)(O)OCC[N+](C)(C)C)OC(=O)CCCC1(CCCCCCCCCCCCC)OCC(C)(C)N1O. The first-order valence-corrected chi connectivity index (χ1v) is 25.5. The van der Waals surface area contributed by atoms with E-state index in [2.05, 4.69) is 13.8 Å². The van der Waals surface area contributed by atoms with E-state index in [1.807, 2.05) is 35.0 Å². The Morgan fingerprint density at radius 3 is 1.56 bits per heavy atom. The average molecular weight is 864 g/mol. The van der Waals surface area contributed by atoms with Crippen molar-refractivity contribution < 1.29 is 52.0 Å². The van der Waals surface area contributed by atoms with E-state index in [4.69, 9.17) is 23.3 Å². The summed E-state index contributed by atoms with van der Waals surface area (Å²) in [7, 11) is 1.36. The molecule has 0 aromatic rings. The lowest BCUT2D eigenvalue weighted by Crippen LogP contribution is -2.50. The van der Waals surface area contributed by atoms with Crippen LogP contribution in [0.25, 0.3) is 0 Å². The third kappa shape index (κ3) is 29.0. The predicted molar refractivity (Wildman–Crippen MR) is 237 cm³/mol. The molecule has 1 heterocycles. The van der Waals surface area contributed by atoms with Gasteiger partial charge in [0.05, 0.1) is 39.9 Å². The molecule has 12 nitrogen and oxygen atoms in total. The van der Waals surface area contributed by atoms with Crippen molar-refractivity contribution in [3.8, 4) is 0 Å². The normalized spacial score (nSPS) is 18.5. The summed E-state index contributed by atoms with van der Waals surface area (Å²) < 4.78 is 41.0. The van der Waals surface area contributed by atoms with E-state index in [1.165, 1.54) is 121 Å². The third-order valence-corrected chi connectivity index (χ3v) is 12.4. The van der Waals surface area contributed by atoms with Gasteiger partial charge in [-0.25, -0.2) is 4.57 Å². The molecule has 1 rings (SSSR count).